The number of carbonyl (C=O) groups excluding carboxylic acids is 2. The van der Waals surface area contributed by atoms with E-state index in [1.165, 1.54) is 0 Å². The number of ether oxygens (including phenoxy) is 1. The van der Waals surface area contributed by atoms with Gasteiger partial charge in [0.15, 0.2) is 0 Å². The number of nitrogens with two attached hydrogens (primary N) is 1. The van der Waals surface area contributed by atoms with Crippen molar-refractivity contribution in [2.75, 3.05) is 33.0 Å². The second-order valence-electron chi connectivity index (χ2n) is 4.06. The third kappa shape index (κ3) is 10.6. The monoisotopic (exact) mass is 275 g/mol. The molecule has 19 heavy (non-hydrogen) atoms. The van der Waals surface area contributed by atoms with Gasteiger partial charge in [0.1, 0.15) is 6.29 Å². The lowest BCUT2D eigenvalue weighted by molar-refractivity contribution is -0.124. The van der Waals surface area contributed by atoms with Crippen molar-refractivity contribution in [1.29, 1.82) is 0 Å². The third-order valence-electron chi connectivity index (χ3n) is 2.53. The van der Waals surface area contributed by atoms with Crippen molar-refractivity contribution in [1.82, 2.24) is 10.6 Å². The number of nitrogens with one attached hydrogen (secondary N) is 2. The van der Waals surface area contributed by atoms with E-state index in [0.29, 0.717) is 39.1 Å². The second-order valence-corrected chi connectivity index (χ2v) is 4.06. The minimum absolute atomic E-state index is 0.162. The molecule has 0 saturated heterocycles. The first-order valence-corrected chi connectivity index (χ1v) is 6.59. The summed E-state index contributed by atoms with van der Waals surface area (Å²) in [4.78, 5) is 21.8. The summed E-state index contributed by atoms with van der Waals surface area (Å²) in [6.45, 7) is 1.48. The van der Waals surface area contributed by atoms with E-state index in [4.69, 9.17) is 15.6 Å². The first-order chi connectivity index (χ1) is 9.26. The smallest absolute Gasteiger partial charge is 0.237 e. The summed E-state index contributed by atoms with van der Waals surface area (Å²) < 4.78 is 5.13. The molecule has 0 bridgehead atoms. The molecule has 0 fully saturated rings. The van der Waals surface area contributed by atoms with Crippen LogP contribution in [0.1, 0.15) is 25.7 Å². The molecule has 0 spiro atoms. The van der Waals surface area contributed by atoms with Gasteiger partial charge in [-0.05, 0) is 19.4 Å². The maximum atomic E-state index is 11.8. The second kappa shape index (κ2) is 13.4. The SMILES string of the molecule is NCCCCC(NCO)C(=O)NCCOCCC=O. The summed E-state index contributed by atoms with van der Waals surface area (Å²) in [5.74, 6) is -0.162. The predicted molar refractivity (Wildman–Crippen MR) is 71.4 cm³/mol. The molecule has 1 amide bonds. The van der Waals surface area contributed by atoms with Crippen LogP contribution in [0.4, 0.5) is 0 Å². The van der Waals surface area contributed by atoms with Crippen LogP contribution < -0.4 is 16.4 Å². The van der Waals surface area contributed by atoms with Crippen molar-refractivity contribution in [2.24, 2.45) is 5.73 Å². The van der Waals surface area contributed by atoms with Gasteiger partial charge in [0.05, 0.1) is 26.0 Å². The molecule has 5 N–H and O–H groups in total. The molecular formula is C12H25N3O4. The van der Waals surface area contributed by atoms with Crippen LogP contribution in [0.5, 0.6) is 0 Å². The van der Waals surface area contributed by atoms with Crippen molar-refractivity contribution in [2.45, 2.75) is 31.7 Å². The molecule has 0 aromatic heterocycles. The van der Waals surface area contributed by atoms with Crippen LogP contribution in [0.25, 0.3) is 0 Å². The van der Waals surface area contributed by atoms with Crippen LogP contribution in [0.2, 0.25) is 0 Å². The molecule has 1 atom stereocenters. The van der Waals surface area contributed by atoms with Crippen molar-refractivity contribution >= 4 is 12.2 Å². The number of hydrogen-bond donors (Lipinski definition) is 4. The van der Waals surface area contributed by atoms with Crippen molar-refractivity contribution < 1.29 is 19.4 Å². The van der Waals surface area contributed by atoms with E-state index in [9.17, 15) is 9.59 Å². The van der Waals surface area contributed by atoms with Crippen LogP contribution in [-0.2, 0) is 14.3 Å². The van der Waals surface area contributed by atoms with Gasteiger partial charge >= 0.3 is 0 Å². The van der Waals surface area contributed by atoms with Crippen LogP contribution in [0, 0.1) is 0 Å². The van der Waals surface area contributed by atoms with Crippen LogP contribution in [0.3, 0.4) is 0 Å². The Hall–Kier alpha value is -1.02. The molecule has 0 heterocycles. The Bertz CT molecular complexity index is 239. The van der Waals surface area contributed by atoms with Gasteiger partial charge in [-0.15, -0.1) is 0 Å². The maximum absolute atomic E-state index is 11.8. The number of amides is 1. The zero-order chi connectivity index (χ0) is 14.3. The molecule has 0 aliphatic rings. The fourth-order valence-electron chi connectivity index (χ4n) is 1.53. The van der Waals surface area contributed by atoms with E-state index >= 15 is 0 Å². The van der Waals surface area contributed by atoms with Gasteiger partial charge in [0.25, 0.3) is 0 Å². The molecule has 112 valence electrons. The number of aliphatic hydroxyl groups excluding tert-OH is 1. The standard InChI is InChI=1S/C12H25N3O4/c13-5-2-1-4-11(15-10-17)12(18)14-6-9-19-8-3-7-16/h7,11,15,17H,1-6,8-10,13H2,(H,14,18). The lowest BCUT2D eigenvalue weighted by Crippen LogP contribution is -2.45. The topological polar surface area (TPSA) is 114 Å². The average molecular weight is 275 g/mol. The Morgan fingerprint density at radius 3 is 2.79 bits per heavy atom. The van der Waals surface area contributed by atoms with E-state index in [1.54, 1.807) is 0 Å². The molecule has 7 nitrogen and oxygen atoms in total. The first kappa shape index (κ1) is 18.0. The molecule has 0 aliphatic carbocycles. The number of rotatable bonds is 13. The zero-order valence-electron chi connectivity index (χ0n) is 11.3. The highest BCUT2D eigenvalue weighted by Gasteiger charge is 2.16. The molecule has 7 heteroatoms. The highest BCUT2D eigenvalue weighted by atomic mass is 16.5. The Balaban J connectivity index is 3.74. The Morgan fingerprint density at radius 1 is 1.37 bits per heavy atom. The fourth-order valence-corrected chi connectivity index (χ4v) is 1.53. The van der Waals surface area contributed by atoms with Crippen molar-refractivity contribution in [3.63, 3.8) is 0 Å². The van der Waals surface area contributed by atoms with E-state index in [1.807, 2.05) is 0 Å². The lowest BCUT2D eigenvalue weighted by Gasteiger charge is -2.17. The summed E-state index contributed by atoms with van der Waals surface area (Å²) in [6, 6.07) is -0.411. The molecule has 0 aliphatic heterocycles. The number of hydrogen-bond acceptors (Lipinski definition) is 6. The number of aliphatic hydroxyl groups is 1. The van der Waals surface area contributed by atoms with Gasteiger partial charge < -0.3 is 25.7 Å². The Labute approximate surface area is 113 Å². The fraction of sp³-hybridized carbons (Fsp3) is 0.833. The highest BCUT2D eigenvalue weighted by molar-refractivity contribution is 5.81. The third-order valence-corrected chi connectivity index (χ3v) is 2.53. The van der Waals surface area contributed by atoms with Gasteiger partial charge in [-0.2, -0.15) is 0 Å². The van der Waals surface area contributed by atoms with Crippen molar-refractivity contribution in [3.8, 4) is 0 Å². The largest absolute Gasteiger partial charge is 0.381 e. The molecule has 1 unspecified atom stereocenters. The molecule has 0 aromatic rings. The van der Waals surface area contributed by atoms with Crippen molar-refractivity contribution in [3.05, 3.63) is 0 Å². The Morgan fingerprint density at radius 2 is 2.16 bits per heavy atom. The normalized spacial score (nSPS) is 12.1. The molecule has 0 radical (unpaired) electrons. The minimum atomic E-state index is -0.411. The number of unbranched alkanes of at least 4 members (excludes halogenated alkanes) is 1. The maximum Gasteiger partial charge on any atom is 0.237 e. The van der Waals surface area contributed by atoms with E-state index in [0.717, 1.165) is 19.1 Å². The number of aldehydes is 1. The summed E-state index contributed by atoms with van der Waals surface area (Å²) in [7, 11) is 0. The Kier molecular flexibility index (Phi) is 12.7. The highest BCUT2D eigenvalue weighted by Crippen LogP contribution is 2.00. The molecule has 0 rings (SSSR count). The van der Waals surface area contributed by atoms with Gasteiger partial charge in [-0.3, -0.25) is 10.1 Å². The summed E-state index contributed by atoms with van der Waals surface area (Å²) in [6.07, 6.45) is 3.47. The average Bonchev–Trinajstić information content (AvgIpc) is 2.41. The molecule has 0 saturated carbocycles. The van der Waals surface area contributed by atoms with Crippen LogP contribution >= 0.6 is 0 Å². The number of carbonyl (C=O) groups is 2. The first-order valence-electron chi connectivity index (χ1n) is 6.59. The van der Waals surface area contributed by atoms with E-state index < -0.39 is 6.04 Å². The van der Waals surface area contributed by atoms with Gasteiger partial charge in [-0.1, -0.05) is 6.42 Å². The van der Waals surface area contributed by atoms with Gasteiger partial charge in [0.2, 0.25) is 5.91 Å². The molecular weight excluding hydrogens is 250 g/mol. The molecule has 0 aromatic carbocycles. The van der Waals surface area contributed by atoms with Gasteiger partial charge in [0, 0.05) is 13.0 Å². The summed E-state index contributed by atoms with van der Waals surface area (Å²) >= 11 is 0. The minimum Gasteiger partial charge on any atom is -0.381 e. The van der Waals surface area contributed by atoms with Gasteiger partial charge in [-0.25, -0.2) is 0 Å². The van der Waals surface area contributed by atoms with Crippen LogP contribution in [0.15, 0.2) is 0 Å². The predicted octanol–water partition coefficient (Wildman–Crippen LogP) is -1.25. The summed E-state index contributed by atoms with van der Waals surface area (Å²) in [5, 5.41) is 14.3. The summed E-state index contributed by atoms with van der Waals surface area (Å²) in [5.41, 5.74) is 5.39. The quantitative estimate of drug-likeness (QED) is 0.190. The van der Waals surface area contributed by atoms with E-state index in [2.05, 4.69) is 10.6 Å². The lowest BCUT2D eigenvalue weighted by atomic mass is 10.1. The van der Waals surface area contributed by atoms with Crippen LogP contribution in [-0.4, -0.2) is 56.4 Å². The van der Waals surface area contributed by atoms with E-state index in [-0.39, 0.29) is 12.6 Å². The zero-order valence-corrected chi connectivity index (χ0v) is 11.3.